The van der Waals surface area contributed by atoms with Gasteiger partial charge in [-0.2, -0.15) is 15.0 Å². The molecule has 0 radical (unpaired) electrons. The minimum Gasteiger partial charge on any atom is -0.399 e. The van der Waals surface area contributed by atoms with Gasteiger partial charge < -0.3 is 26.2 Å². The fraction of sp³-hybridized carbons (Fsp3) is 0.472. The highest BCUT2D eigenvalue weighted by Gasteiger charge is 2.47. The van der Waals surface area contributed by atoms with Gasteiger partial charge in [0.25, 0.3) is 0 Å². The molecule has 0 spiro atoms. The molecule has 1 saturated heterocycles. The van der Waals surface area contributed by atoms with E-state index in [1.807, 2.05) is 37.3 Å². The highest BCUT2D eigenvalue weighted by atomic mass is 16.5. The molecular weight excluding hydrogens is 594 g/mol. The average molecular weight is 638 g/mol. The first-order valence-corrected chi connectivity index (χ1v) is 16.7. The number of hydrogen-bond acceptors (Lipinski definition) is 8. The zero-order valence-electron chi connectivity index (χ0n) is 27.0. The summed E-state index contributed by atoms with van der Waals surface area (Å²) < 4.78 is 7.68. The second-order valence-electron chi connectivity index (χ2n) is 13.3. The molecule has 2 fully saturated rings. The van der Waals surface area contributed by atoms with Crippen molar-refractivity contribution in [3.8, 4) is 6.07 Å². The van der Waals surface area contributed by atoms with Gasteiger partial charge >= 0.3 is 5.76 Å². The maximum absolute atomic E-state index is 13.3. The number of nitrogens with one attached hydrogen (secondary N) is 1. The molecule has 11 heteroatoms. The van der Waals surface area contributed by atoms with E-state index in [1.54, 1.807) is 15.7 Å². The van der Waals surface area contributed by atoms with E-state index in [2.05, 4.69) is 22.9 Å². The highest BCUT2D eigenvalue weighted by Crippen LogP contribution is 2.49. The lowest BCUT2D eigenvalue weighted by Gasteiger charge is -2.39. The minimum atomic E-state index is -1.01. The van der Waals surface area contributed by atoms with Crippen LogP contribution in [0.15, 0.2) is 52.3 Å². The first-order chi connectivity index (χ1) is 22.6. The fourth-order valence-corrected chi connectivity index (χ4v) is 7.98. The number of carbonyl (C=O) groups excluding carboxylic acids is 2. The number of nitriles is 1. The van der Waals surface area contributed by atoms with Crippen molar-refractivity contribution in [3.05, 3.63) is 92.7 Å². The topological polar surface area (TPSA) is 173 Å². The quantitative estimate of drug-likeness (QED) is 0.319. The van der Waals surface area contributed by atoms with Crippen LogP contribution in [0.4, 0.5) is 0 Å². The molecule has 1 aliphatic heterocycles. The summed E-state index contributed by atoms with van der Waals surface area (Å²) in [5.74, 6) is -0.790. The van der Waals surface area contributed by atoms with Crippen molar-refractivity contribution in [3.63, 3.8) is 0 Å². The molecule has 2 amide bonds. The second kappa shape index (κ2) is 13.2. The summed E-state index contributed by atoms with van der Waals surface area (Å²) in [5, 5.41) is 13.0. The summed E-state index contributed by atoms with van der Waals surface area (Å²) in [5.41, 5.74) is 16.4. The van der Waals surface area contributed by atoms with Crippen molar-refractivity contribution in [1.29, 1.82) is 5.26 Å². The summed E-state index contributed by atoms with van der Waals surface area (Å²) in [4.78, 5) is 45.0. The van der Waals surface area contributed by atoms with Gasteiger partial charge in [0.05, 0.1) is 24.1 Å². The van der Waals surface area contributed by atoms with Crippen LogP contribution >= 0.6 is 0 Å². The number of rotatable bonds is 9. The predicted octanol–water partition coefficient (Wildman–Crippen LogP) is 3.69. The van der Waals surface area contributed by atoms with E-state index in [4.69, 9.17) is 16.0 Å². The molecule has 11 nitrogen and oxygen atoms in total. The van der Waals surface area contributed by atoms with Crippen LogP contribution in [0.5, 0.6) is 0 Å². The van der Waals surface area contributed by atoms with E-state index < -0.39 is 23.1 Å². The largest absolute Gasteiger partial charge is 0.459 e. The van der Waals surface area contributed by atoms with E-state index >= 15 is 0 Å². The molecule has 1 aromatic heterocycles. The molecule has 0 bridgehead atoms. The van der Waals surface area contributed by atoms with E-state index in [1.165, 1.54) is 0 Å². The van der Waals surface area contributed by atoms with Crippen molar-refractivity contribution in [2.45, 2.75) is 94.7 Å². The zero-order valence-corrected chi connectivity index (χ0v) is 27.0. The Hall–Kier alpha value is -4.69. The lowest BCUT2D eigenvalue weighted by molar-refractivity contribution is -0.130. The number of carbonyl (C=O) groups is 2. The molecule has 2 aromatic carbocycles. The third-order valence-corrected chi connectivity index (χ3v) is 10.3. The summed E-state index contributed by atoms with van der Waals surface area (Å²) in [6.45, 7) is 6.61. The number of aromatic nitrogens is 2. The van der Waals surface area contributed by atoms with Crippen LogP contribution in [-0.4, -0.2) is 51.6 Å². The monoisotopic (exact) mass is 637 g/mol. The van der Waals surface area contributed by atoms with Gasteiger partial charge in [-0.05, 0) is 97.9 Å². The Morgan fingerprint density at radius 2 is 1.72 bits per heavy atom. The maximum Gasteiger partial charge on any atom is 0.459 e. The molecule has 2 heterocycles. The molecule has 6 rings (SSSR count). The van der Waals surface area contributed by atoms with E-state index in [0.29, 0.717) is 49.3 Å². The number of nitrogens with zero attached hydrogens (tertiary/aromatic N) is 4. The second-order valence-corrected chi connectivity index (χ2v) is 13.3. The van der Waals surface area contributed by atoms with Crippen molar-refractivity contribution < 1.29 is 14.1 Å². The smallest absolute Gasteiger partial charge is 0.399 e. The average Bonchev–Trinajstić information content (AvgIpc) is 3.69. The summed E-state index contributed by atoms with van der Waals surface area (Å²) in [6, 6.07) is 13.1. The molecule has 2 unspecified atom stereocenters. The van der Waals surface area contributed by atoms with Crippen LogP contribution in [0, 0.1) is 11.3 Å². The van der Waals surface area contributed by atoms with E-state index in [-0.39, 0.29) is 24.5 Å². The molecule has 246 valence electrons. The Labute approximate surface area is 274 Å². The van der Waals surface area contributed by atoms with Gasteiger partial charge in [-0.3, -0.25) is 9.59 Å². The highest BCUT2D eigenvalue weighted by molar-refractivity contribution is 5.93. The number of hydrogen-bond donors (Lipinski definition) is 3. The Kier molecular flexibility index (Phi) is 9.06. The van der Waals surface area contributed by atoms with Gasteiger partial charge in [0.1, 0.15) is 6.04 Å². The van der Waals surface area contributed by atoms with Gasteiger partial charge in [-0.1, -0.05) is 44.0 Å². The van der Waals surface area contributed by atoms with Gasteiger partial charge in [-0.25, -0.2) is 4.79 Å². The van der Waals surface area contributed by atoms with Gasteiger partial charge in [-0.15, -0.1) is 0 Å². The predicted molar refractivity (Wildman–Crippen MR) is 177 cm³/mol. The molecule has 47 heavy (non-hydrogen) atoms. The Balaban J connectivity index is 1.53. The lowest BCUT2D eigenvalue weighted by atomic mass is 9.67. The SMILES string of the molecule is C=C(N)c1ccc2c(c1)CCc1cc(C(N)=O)ccc1C2(C[C@@H](C)NCC(=O)N1CCCC1C#N)c1nc(=O)on1C1CCCCC1. The number of amides is 2. The number of nitrogens with two attached hydrogens (primary N) is 2. The number of aryl methyl sites for hydroxylation is 2. The molecule has 2 aliphatic carbocycles. The molecule has 3 aromatic rings. The van der Waals surface area contributed by atoms with E-state index in [0.717, 1.165) is 66.3 Å². The van der Waals surface area contributed by atoms with Crippen molar-refractivity contribution in [2.75, 3.05) is 13.1 Å². The number of primary amides is 1. The number of benzene rings is 2. The maximum atomic E-state index is 13.3. The summed E-state index contributed by atoms with van der Waals surface area (Å²) >= 11 is 0. The van der Waals surface area contributed by atoms with Crippen LogP contribution in [0.2, 0.25) is 0 Å². The van der Waals surface area contributed by atoms with E-state index in [9.17, 15) is 19.6 Å². The van der Waals surface area contributed by atoms with Crippen molar-refractivity contribution in [1.82, 2.24) is 19.9 Å². The van der Waals surface area contributed by atoms with Gasteiger partial charge in [0.15, 0.2) is 5.82 Å². The first kappa shape index (κ1) is 32.3. The number of likely N-dealkylation sites (tertiary alicyclic amines) is 1. The Morgan fingerprint density at radius 1 is 1.06 bits per heavy atom. The van der Waals surface area contributed by atoms with Crippen LogP contribution in [0.25, 0.3) is 5.70 Å². The molecule has 3 aliphatic rings. The Bertz CT molecular complexity index is 1730. The molecular formula is C36H43N7O4. The molecule has 5 N–H and O–H groups in total. The first-order valence-electron chi connectivity index (χ1n) is 16.7. The fourth-order valence-electron chi connectivity index (χ4n) is 7.98. The minimum absolute atomic E-state index is 0.0307. The van der Waals surface area contributed by atoms with Crippen LogP contribution in [0.3, 0.4) is 0 Å². The summed E-state index contributed by atoms with van der Waals surface area (Å²) in [6.07, 6.45) is 8.08. The number of fused-ring (bicyclic) bond motifs is 2. The summed E-state index contributed by atoms with van der Waals surface area (Å²) in [7, 11) is 0. The third kappa shape index (κ3) is 6.10. The van der Waals surface area contributed by atoms with Crippen molar-refractivity contribution >= 4 is 17.5 Å². The Morgan fingerprint density at radius 3 is 2.36 bits per heavy atom. The third-order valence-electron chi connectivity index (χ3n) is 10.3. The molecule has 3 atom stereocenters. The van der Waals surface area contributed by atoms with Crippen LogP contribution in [0.1, 0.15) is 108 Å². The molecule has 1 saturated carbocycles. The van der Waals surface area contributed by atoms with Gasteiger partial charge in [0, 0.05) is 23.8 Å². The normalized spacial score (nSPS) is 21.7. The van der Waals surface area contributed by atoms with Crippen LogP contribution < -0.4 is 22.5 Å². The van der Waals surface area contributed by atoms with Gasteiger partial charge in [0.2, 0.25) is 11.8 Å². The standard InChI is InChI=1S/C36H43N7O4/c1-22(40-21-32(44)42-16-6-9-29(42)20-37)19-36(34-41-35(46)47-43(34)28-7-4-3-5-8-28)30-14-12-24(23(2)38)17-25(30)10-11-26-18-27(33(39)45)13-15-31(26)36/h12-15,17-18,22,28-29,40H,2-11,16,19,21,38H2,1H3,(H2,39,45)/t22-,29?,36?/m1/s1. The zero-order chi connectivity index (χ0) is 33.3. The van der Waals surface area contributed by atoms with Crippen LogP contribution in [-0.2, 0) is 23.1 Å². The lowest BCUT2D eigenvalue weighted by Crippen LogP contribution is -2.46. The van der Waals surface area contributed by atoms with Crippen molar-refractivity contribution in [2.24, 2.45) is 11.5 Å².